The van der Waals surface area contributed by atoms with E-state index < -0.39 is 5.97 Å². The number of hydrogen-bond donors (Lipinski definition) is 0. The summed E-state index contributed by atoms with van der Waals surface area (Å²) in [4.78, 5) is 16.5. The van der Waals surface area contributed by atoms with Gasteiger partial charge in [0.1, 0.15) is 17.4 Å². The SMILES string of the molecule is N#Cc1c(-c2ccoc2)cc(-c2cccs2)nc1Oc1cccc(C(=O)[O-])c1.[Na+]. The van der Waals surface area contributed by atoms with E-state index in [-0.39, 0.29) is 52.3 Å². The summed E-state index contributed by atoms with van der Waals surface area (Å²) in [6.45, 7) is 0. The fourth-order valence-electron chi connectivity index (χ4n) is 2.70. The van der Waals surface area contributed by atoms with Gasteiger partial charge in [-0.15, -0.1) is 11.3 Å². The topological polar surface area (TPSA) is 99.2 Å². The molecular weight excluding hydrogens is 399 g/mol. The maximum Gasteiger partial charge on any atom is 1.00 e. The van der Waals surface area contributed by atoms with Crippen molar-refractivity contribution in [3.8, 4) is 39.4 Å². The van der Waals surface area contributed by atoms with Crippen LogP contribution in [0, 0.1) is 11.3 Å². The predicted molar refractivity (Wildman–Crippen MR) is 101 cm³/mol. The van der Waals surface area contributed by atoms with Gasteiger partial charge in [0.15, 0.2) is 0 Å². The van der Waals surface area contributed by atoms with Crippen LogP contribution in [0.5, 0.6) is 11.6 Å². The van der Waals surface area contributed by atoms with Crippen molar-refractivity contribution in [2.75, 3.05) is 0 Å². The first-order valence-electron chi connectivity index (χ1n) is 8.16. The molecule has 8 heteroatoms. The molecule has 3 heterocycles. The van der Waals surface area contributed by atoms with Gasteiger partial charge in [0.05, 0.1) is 29.1 Å². The van der Waals surface area contributed by atoms with E-state index >= 15 is 0 Å². The van der Waals surface area contributed by atoms with Gasteiger partial charge in [-0.3, -0.25) is 0 Å². The summed E-state index contributed by atoms with van der Waals surface area (Å²) in [7, 11) is 0. The minimum absolute atomic E-state index is 0. The number of carboxylic acids is 1. The molecule has 0 unspecified atom stereocenters. The van der Waals surface area contributed by atoms with Crippen LogP contribution in [0.25, 0.3) is 21.7 Å². The Kier molecular flexibility index (Phi) is 6.52. The second-order valence-corrected chi connectivity index (χ2v) is 6.70. The Balaban J connectivity index is 0.00000240. The van der Waals surface area contributed by atoms with Crippen LogP contribution >= 0.6 is 11.3 Å². The van der Waals surface area contributed by atoms with Crippen molar-refractivity contribution in [2.45, 2.75) is 0 Å². The summed E-state index contributed by atoms with van der Waals surface area (Å²) >= 11 is 1.51. The Bertz CT molecular complexity index is 1180. The molecule has 4 aromatic rings. The molecule has 0 amide bonds. The molecule has 0 saturated heterocycles. The fourth-order valence-corrected chi connectivity index (χ4v) is 3.38. The average Bonchev–Trinajstić information content (AvgIpc) is 3.41. The summed E-state index contributed by atoms with van der Waals surface area (Å²) in [5, 5.41) is 22.8. The van der Waals surface area contributed by atoms with Gasteiger partial charge in [-0.2, -0.15) is 5.26 Å². The van der Waals surface area contributed by atoms with Crippen LogP contribution in [-0.2, 0) is 0 Å². The van der Waals surface area contributed by atoms with E-state index in [4.69, 9.17) is 9.15 Å². The third-order valence-corrected chi connectivity index (χ3v) is 4.88. The molecule has 0 aliphatic heterocycles. The van der Waals surface area contributed by atoms with E-state index in [1.165, 1.54) is 42.1 Å². The third kappa shape index (κ3) is 4.42. The number of aromatic nitrogens is 1. The number of nitriles is 1. The third-order valence-electron chi connectivity index (χ3n) is 3.99. The average molecular weight is 410 g/mol. The van der Waals surface area contributed by atoms with Gasteiger partial charge in [0.2, 0.25) is 5.88 Å². The number of aromatic carboxylic acids is 1. The maximum absolute atomic E-state index is 11.1. The Morgan fingerprint density at radius 1 is 1.21 bits per heavy atom. The number of carbonyl (C=O) groups excluding carboxylic acids is 1. The maximum atomic E-state index is 11.1. The van der Waals surface area contributed by atoms with Gasteiger partial charge in [-0.05, 0) is 35.7 Å². The number of carbonyl (C=O) groups is 1. The Hall–Kier alpha value is -2.89. The van der Waals surface area contributed by atoms with E-state index in [0.29, 0.717) is 16.8 Å². The van der Waals surface area contributed by atoms with Crippen molar-refractivity contribution in [1.29, 1.82) is 5.26 Å². The predicted octanol–water partition coefficient (Wildman–Crippen LogP) is 1.10. The zero-order valence-corrected chi connectivity index (χ0v) is 18.1. The van der Waals surface area contributed by atoms with E-state index in [0.717, 1.165) is 4.88 Å². The molecule has 3 aromatic heterocycles. The molecule has 0 bridgehead atoms. The number of nitrogens with zero attached hydrogens (tertiary/aromatic N) is 2. The van der Waals surface area contributed by atoms with Gasteiger partial charge in [-0.1, -0.05) is 18.2 Å². The molecule has 0 saturated carbocycles. The number of furan rings is 1. The summed E-state index contributed by atoms with van der Waals surface area (Å²) in [6.07, 6.45) is 3.06. The number of thiophene rings is 1. The second-order valence-electron chi connectivity index (χ2n) is 5.75. The van der Waals surface area contributed by atoms with E-state index in [9.17, 15) is 15.2 Å². The number of hydrogen-bond acceptors (Lipinski definition) is 7. The monoisotopic (exact) mass is 410 g/mol. The molecule has 0 aliphatic rings. The van der Waals surface area contributed by atoms with Crippen LogP contribution in [0.15, 0.2) is 70.9 Å². The van der Waals surface area contributed by atoms with Gasteiger partial charge >= 0.3 is 29.6 Å². The van der Waals surface area contributed by atoms with Crippen LogP contribution in [0.1, 0.15) is 15.9 Å². The van der Waals surface area contributed by atoms with Crippen molar-refractivity contribution in [3.05, 3.63) is 77.6 Å². The zero-order chi connectivity index (χ0) is 19.5. The first-order valence-corrected chi connectivity index (χ1v) is 9.04. The molecule has 29 heavy (non-hydrogen) atoms. The molecule has 0 atom stereocenters. The van der Waals surface area contributed by atoms with Gasteiger partial charge in [0.25, 0.3) is 0 Å². The standard InChI is InChI=1S/C21H12N2O4S.Na/c22-11-17-16(14-6-7-26-12-14)10-18(19-5-2-8-28-19)23-20(17)27-15-4-1-3-13(9-15)21(24)25;/h1-10,12H,(H,24,25);/q;+1/p-1. The van der Waals surface area contributed by atoms with E-state index in [1.807, 2.05) is 17.5 Å². The molecule has 4 rings (SSSR count). The summed E-state index contributed by atoms with van der Waals surface area (Å²) in [6, 6.07) is 15.3. The molecule has 0 N–H and O–H groups in total. The molecule has 0 aliphatic carbocycles. The number of rotatable bonds is 5. The first kappa shape index (κ1) is 20.8. The summed E-state index contributed by atoms with van der Waals surface area (Å²) < 4.78 is 11.0. The molecule has 136 valence electrons. The molecule has 0 fully saturated rings. The largest absolute Gasteiger partial charge is 1.00 e. The molecule has 6 nitrogen and oxygen atoms in total. The Morgan fingerprint density at radius 2 is 2.07 bits per heavy atom. The normalized spacial score (nSPS) is 10.0. The van der Waals surface area contributed by atoms with Crippen molar-refractivity contribution < 1.29 is 48.6 Å². The second kappa shape index (κ2) is 9.07. The minimum Gasteiger partial charge on any atom is -0.545 e. The summed E-state index contributed by atoms with van der Waals surface area (Å²) in [5.41, 5.74) is 2.16. The number of ether oxygens (including phenoxy) is 1. The van der Waals surface area contributed by atoms with E-state index in [2.05, 4.69) is 11.1 Å². The van der Waals surface area contributed by atoms with Crippen LogP contribution in [-0.4, -0.2) is 11.0 Å². The zero-order valence-electron chi connectivity index (χ0n) is 15.3. The van der Waals surface area contributed by atoms with Crippen LogP contribution in [0.4, 0.5) is 0 Å². The molecule has 1 aromatic carbocycles. The smallest absolute Gasteiger partial charge is 0.545 e. The molecule has 0 spiro atoms. The first-order chi connectivity index (χ1) is 13.7. The Morgan fingerprint density at radius 3 is 2.72 bits per heavy atom. The van der Waals surface area contributed by atoms with Crippen molar-refractivity contribution in [1.82, 2.24) is 4.98 Å². The van der Waals surface area contributed by atoms with Crippen molar-refractivity contribution >= 4 is 17.3 Å². The van der Waals surface area contributed by atoms with Crippen LogP contribution in [0.3, 0.4) is 0 Å². The number of carboxylic acid groups (broad SMARTS) is 1. The molecule has 0 radical (unpaired) electrons. The van der Waals surface area contributed by atoms with Gasteiger partial charge in [0, 0.05) is 16.7 Å². The van der Waals surface area contributed by atoms with Gasteiger partial charge < -0.3 is 19.1 Å². The van der Waals surface area contributed by atoms with Crippen molar-refractivity contribution in [3.63, 3.8) is 0 Å². The molecular formula is C21H11N2NaO4S. The fraction of sp³-hybridized carbons (Fsp3) is 0. The number of pyridine rings is 1. The van der Waals surface area contributed by atoms with Crippen LogP contribution < -0.4 is 39.4 Å². The quantitative estimate of drug-likeness (QED) is 0.457. The summed E-state index contributed by atoms with van der Waals surface area (Å²) in [5.74, 6) is -0.988. The van der Waals surface area contributed by atoms with Gasteiger partial charge in [-0.25, -0.2) is 4.98 Å². The number of benzene rings is 1. The van der Waals surface area contributed by atoms with E-state index in [1.54, 1.807) is 18.2 Å². The van der Waals surface area contributed by atoms with Crippen molar-refractivity contribution in [2.24, 2.45) is 0 Å². The Labute approximate surface area is 192 Å². The van der Waals surface area contributed by atoms with Crippen LogP contribution in [0.2, 0.25) is 0 Å². The minimum atomic E-state index is -1.31.